The monoisotopic (exact) mass is 258 g/mol. The Balaban J connectivity index is 2.82. The van der Waals surface area contributed by atoms with Crippen molar-refractivity contribution < 1.29 is 9.47 Å². The fourth-order valence-corrected chi connectivity index (χ4v) is 1.58. The normalized spacial score (nSPS) is 9.93. The second-order valence-corrected chi connectivity index (χ2v) is 3.52. The van der Waals surface area contributed by atoms with Crippen LogP contribution in [0.4, 0.5) is 0 Å². The Morgan fingerprint density at radius 3 is 2.71 bits per heavy atom. The van der Waals surface area contributed by atoms with E-state index in [1.165, 1.54) is 0 Å². The van der Waals surface area contributed by atoms with Crippen LogP contribution in [-0.4, -0.2) is 13.7 Å². The molecular weight excluding hydrogens is 244 g/mol. The molecule has 1 aromatic rings. The molecule has 0 spiro atoms. The van der Waals surface area contributed by atoms with Crippen LogP contribution in [0.25, 0.3) is 0 Å². The van der Waals surface area contributed by atoms with Gasteiger partial charge < -0.3 is 9.47 Å². The summed E-state index contributed by atoms with van der Waals surface area (Å²) in [5.74, 6) is 1.80. The van der Waals surface area contributed by atoms with Gasteiger partial charge in [0, 0.05) is 10.9 Å². The van der Waals surface area contributed by atoms with E-state index in [1.54, 1.807) is 7.11 Å². The molecule has 0 fully saturated rings. The van der Waals surface area contributed by atoms with E-state index in [1.807, 2.05) is 18.2 Å². The van der Waals surface area contributed by atoms with Gasteiger partial charge in [-0.3, -0.25) is 0 Å². The van der Waals surface area contributed by atoms with Gasteiger partial charge in [0.1, 0.15) is 11.5 Å². The topological polar surface area (TPSA) is 18.5 Å². The van der Waals surface area contributed by atoms with Crippen LogP contribution in [0, 0.1) is 0 Å². The van der Waals surface area contributed by atoms with Gasteiger partial charge in [0.05, 0.1) is 13.7 Å². The van der Waals surface area contributed by atoms with Crippen molar-refractivity contribution in [2.45, 2.75) is 18.7 Å². The molecule has 0 saturated heterocycles. The second kappa shape index (κ2) is 5.91. The standard InChI is InChI=1S/C11H15BrO2/c1-3-6-14-11-5-4-10(13-2)7-9(11)8-12/h4-5,7H,3,6,8H2,1-2H3. The van der Waals surface area contributed by atoms with Crippen LogP contribution in [0.3, 0.4) is 0 Å². The van der Waals surface area contributed by atoms with Crippen molar-refractivity contribution in [1.29, 1.82) is 0 Å². The van der Waals surface area contributed by atoms with Gasteiger partial charge in [-0.05, 0) is 24.6 Å². The van der Waals surface area contributed by atoms with E-state index in [4.69, 9.17) is 9.47 Å². The summed E-state index contributed by atoms with van der Waals surface area (Å²) in [6, 6.07) is 5.85. The van der Waals surface area contributed by atoms with Gasteiger partial charge in [-0.2, -0.15) is 0 Å². The highest BCUT2D eigenvalue weighted by atomic mass is 79.9. The van der Waals surface area contributed by atoms with E-state index in [-0.39, 0.29) is 0 Å². The minimum Gasteiger partial charge on any atom is -0.497 e. The van der Waals surface area contributed by atoms with Crippen molar-refractivity contribution in [2.75, 3.05) is 13.7 Å². The summed E-state index contributed by atoms with van der Waals surface area (Å²) in [7, 11) is 1.67. The Labute approximate surface area is 93.4 Å². The van der Waals surface area contributed by atoms with Gasteiger partial charge in [-0.15, -0.1) is 0 Å². The highest BCUT2D eigenvalue weighted by Crippen LogP contribution is 2.26. The molecule has 0 aliphatic carbocycles. The molecule has 0 atom stereocenters. The largest absolute Gasteiger partial charge is 0.497 e. The molecule has 0 bridgehead atoms. The lowest BCUT2D eigenvalue weighted by atomic mass is 10.2. The molecule has 0 N–H and O–H groups in total. The minimum absolute atomic E-state index is 0.756. The number of halogens is 1. The van der Waals surface area contributed by atoms with Gasteiger partial charge in [0.15, 0.2) is 0 Å². The molecule has 78 valence electrons. The molecule has 1 aromatic carbocycles. The average molecular weight is 259 g/mol. The molecule has 1 rings (SSSR count). The first-order valence-electron chi connectivity index (χ1n) is 4.67. The van der Waals surface area contributed by atoms with Crippen molar-refractivity contribution in [1.82, 2.24) is 0 Å². The molecule has 0 aliphatic heterocycles. The lowest BCUT2D eigenvalue weighted by Crippen LogP contribution is -1.98. The summed E-state index contributed by atoms with van der Waals surface area (Å²) in [4.78, 5) is 0. The fourth-order valence-electron chi connectivity index (χ4n) is 1.14. The number of hydrogen-bond donors (Lipinski definition) is 0. The lowest BCUT2D eigenvalue weighted by Gasteiger charge is -2.10. The van der Waals surface area contributed by atoms with Crippen LogP contribution in [0.15, 0.2) is 18.2 Å². The Hall–Kier alpha value is -0.700. The first-order chi connectivity index (χ1) is 6.81. The molecule has 0 aliphatic rings. The van der Waals surface area contributed by atoms with Crippen LogP contribution >= 0.6 is 15.9 Å². The molecule has 3 heteroatoms. The molecule has 0 heterocycles. The van der Waals surface area contributed by atoms with Crippen molar-refractivity contribution in [3.05, 3.63) is 23.8 Å². The number of ether oxygens (including phenoxy) is 2. The number of methoxy groups -OCH3 is 1. The maximum absolute atomic E-state index is 5.59. The number of rotatable bonds is 5. The molecule has 0 radical (unpaired) electrons. The van der Waals surface area contributed by atoms with E-state index < -0.39 is 0 Å². The third kappa shape index (κ3) is 2.91. The second-order valence-electron chi connectivity index (χ2n) is 2.96. The first kappa shape index (κ1) is 11.4. The summed E-state index contributed by atoms with van der Waals surface area (Å²) in [6.45, 7) is 2.85. The molecule has 0 saturated carbocycles. The Bertz CT molecular complexity index is 287. The smallest absolute Gasteiger partial charge is 0.123 e. The summed E-state index contributed by atoms with van der Waals surface area (Å²) < 4.78 is 10.7. The number of alkyl halides is 1. The SMILES string of the molecule is CCCOc1ccc(OC)cc1CBr. The summed E-state index contributed by atoms with van der Waals surface area (Å²) in [5.41, 5.74) is 1.12. The lowest BCUT2D eigenvalue weighted by molar-refractivity contribution is 0.314. The van der Waals surface area contributed by atoms with E-state index in [2.05, 4.69) is 22.9 Å². The summed E-state index contributed by atoms with van der Waals surface area (Å²) in [5, 5.41) is 0.781. The van der Waals surface area contributed by atoms with Crippen LogP contribution in [0.2, 0.25) is 0 Å². The van der Waals surface area contributed by atoms with Gasteiger partial charge in [-0.25, -0.2) is 0 Å². The zero-order valence-electron chi connectivity index (χ0n) is 8.55. The number of hydrogen-bond acceptors (Lipinski definition) is 2. The molecule has 2 nitrogen and oxygen atoms in total. The average Bonchev–Trinajstić information content (AvgIpc) is 2.26. The number of benzene rings is 1. The highest BCUT2D eigenvalue weighted by Gasteiger charge is 2.03. The molecule has 0 amide bonds. The Morgan fingerprint density at radius 2 is 2.14 bits per heavy atom. The van der Waals surface area contributed by atoms with Crippen molar-refractivity contribution >= 4 is 15.9 Å². The summed E-state index contributed by atoms with van der Waals surface area (Å²) in [6.07, 6.45) is 1.02. The zero-order chi connectivity index (χ0) is 10.4. The fraction of sp³-hybridized carbons (Fsp3) is 0.455. The van der Waals surface area contributed by atoms with Crippen LogP contribution in [0.1, 0.15) is 18.9 Å². The quantitative estimate of drug-likeness (QED) is 0.755. The maximum Gasteiger partial charge on any atom is 0.123 e. The predicted molar refractivity (Wildman–Crippen MR) is 61.4 cm³/mol. The van der Waals surface area contributed by atoms with E-state index in [9.17, 15) is 0 Å². The van der Waals surface area contributed by atoms with Crippen LogP contribution in [-0.2, 0) is 5.33 Å². The van der Waals surface area contributed by atoms with Crippen molar-refractivity contribution in [2.24, 2.45) is 0 Å². The minimum atomic E-state index is 0.756. The molecule has 0 unspecified atom stereocenters. The van der Waals surface area contributed by atoms with E-state index in [0.717, 1.165) is 35.4 Å². The third-order valence-corrected chi connectivity index (χ3v) is 2.48. The molecular formula is C11H15BrO2. The van der Waals surface area contributed by atoms with Gasteiger partial charge >= 0.3 is 0 Å². The van der Waals surface area contributed by atoms with Crippen LogP contribution < -0.4 is 9.47 Å². The Morgan fingerprint density at radius 1 is 1.36 bits per heavy atom. The van der Waals surface area contributed by atoms with Gasteiger partial charge in [0.2, 0.25) is 0 Å². The predicted octanol–water partition coefficient (Wildman–Crippen LogP) is 3.38. The van der Waals surface area contributed by atoms with E-state index in [0.29, 0.717) is 0 Å². The Kier molecular flexibility index (Phi) is 4.80. The van der Waals surface area contributed by atoms with E-state index >= 15 is 0 Å². The zero-order valence-corrected chi connectivity index (χ0v) is 10.1. The summed E-state index contributed by atoms with van der Waals surface area (Å²) >= 11 is 3.43. The first-order valence-corrected chi connectivity index (χ1v) is 5.79. The van der Waals surface area contributed by atoms with Crippen molar-refractivity contribution in [3.63, 3.8) is 0 Å². The van der Waals surface area contributed by atoms with Crippen molar-refractivity contribution in [3.8, 4) is 11.5 Å². The van der Waals surface area contributed by atoms with Crippen LogP contribution in [0.5, 0.6) is 11.5 Å². The third-order valence-electron chi connectivity index (χ3n) is 1.87. The van der Waals surface area contributed by atoms with Gasteiger partial charge in [-0.1, -0.05) is 22.9 Å². The molecule has 0 aromatic heterocycles. The highest BCUT2D eigenvalue weighted by molar-refractivity contribution is 9.08. The maximum atomic E-state index is 5.59. The molecule has 14 heavy (non-hydrogen) atoms. The van der Waals surface area contributed by atoms with Gasteiger partial charge in [0.25, 0.3) is 0 Å².